The number of hydrogen-bond donors (Lipinski definition) is 0. The van der Waals surface area contributed by atoms with Gasteiger partial charge in [0.25, 0.3) is 0 Å². The molecule has 1 aromatic rings. The monoisotopic (exact) mass is 259 g/mol. The van der Waals surface area contributed by atoms with Crippen molar-refractivity contribution in [3.05, 3.63) is 65.6 Å². The standard InChI is InChI=1S/C15H14ClNO/c1-3-5-6-10-14-17-12(4-2)15-11(16)8-7-9-13(15)18-14/h3,5-10H,1,4H2,2H3/b6-5-,14-10-. The Bertz CT molecular complexity index is 556. The summed E-state index contributed by atoms with van der Waals surface area (Å²) >= 11 is 6.18. The first-order valence-corrected chi connectivity index (χ1v) is 6.17. The second-order valence-corrected chi connectivity index (χ2v) is 4.16. The zero-order chi connectivity index (χ0) is 13.0. The molecule has 0 saturated heterocycles. The van der Waals surface area contributed by atoms with Gasteiger partial charge in [-0.05, 0) is 18.6 Å². The van der Waals surface area contributed by atoms with Gasteiger partial charge in [-0.1, -0.05) is 49.4 Å². The molecule has 92 valence electrons. The number of halogens is 1. The number of rotatable bonds is 3. The minimum atomic E-state index is 0.569. The first-order valence-electron chi connectivity index (χ1n) is 5.80. The average molecular weight is 260 g/mol. The third kappa shape index (κ3) is 2.54. The fourth-order valence-electron chi connectivity index (χ4n) is 1.74. The number of benzene rings is 1. The van der Waals surface area contributed by atoms with Crippen LogP contribution in [0, 0.1) is 0 Å². The molecule has 0 saturated carbocycles. The van der Waals surface area contributed by atoms with Crippen LogP contribution in [0.3, 0.4) is 0 Å². The molecule has 2 nitrogen and oxygen atoms in total. The van der Waals surface area contributed by atoms with Crippen LogP contribution in [0.5, 0.6) is 5.75 Å². The normalized spacial score (nSPS) is 16.3. The number of hydrogen-bond acceptors (Lipinski definition) is 2. The topological polar surface area (TPSA) is 21.6 Å². The molecule has 1 aliphatic rings. The van der Waals surface area contributed by atoms with E-state index in [0.717, 1.165) is 23.4 Å². The summed E-state index contributed by atoms with van der Waals surface area (Å²) in [6, 6.07) is 5.62. The summed E-state index contributed by atoms with van der Waals surface area (Å²) in [6.45, 7) is 5.66. The molecule has 1 heterocycles. The molecule has 1 aromatic carbocycles. The maximum Gasteiger partial charge on any atom is 0.219 e. The van der Waals surface area contributed by atoms with Crippen LogP contribution in [-0.4, -0.2) is 5.71 Å². The molecule has 0 atom stereocenters. The minimum absolute atomic E-state index is 0.569. The summed E-state index contributed by atoms with van der Waals surface area (Å²) in [5.74, 6) is 1.33. The zero-order valence-electron chi connectivity index (χ0n) is 10.2. The van der Waals surface area contributed by atoms with Crippen molar-refractivity contribution in [3.8, 4) is 5.75 Å². The fraction of sp³-hybridized carbons (Fsp3) is 0.133. The lowest BCUT2D eigenvalue weighted by Gasteiger charge is -2.19. The molecule has 18 heavy (non-hydrogen) atoms. The van der Waals surface area contributed by atoms with E-state index >= 15 is 0 Å². The SMILES string of the molecule is C=C/C=C\C=C1\N=C(CC)c2c(Cl)cccc2O1. The van der Waals surface area contributed by atoms with Crippen molar-refractivity contribution >= 4 is 17.3 Å². The Morgan fingerprint density at radius 2 is 2.22 bits per heavy atom. The van der Waals surface area contributed by atoms with E-state index in [-0.39, 0.29) is 0 Å². The smallest absolute Gasteiger partial charge is 0.219 e. The molecule has 0 aliphatic carbocycles. The number of fused-ring (bicyclic) bond motifs is 1. The molecular formula is C15H14ClNO. The van der Waals surface area contributed by atoms with Gasteiger partial charge in [-0.3, -0.25) is 0 Å². The maximum atomic E-state index is 6.18. The van der Waals surface area contributed by atoms with E-state index < -0.39 is 0 Å². The number of nitrogens with zero attached hydrogens (tertiary/aromatic N) is 1. The lowest BCUT2D eigenvalue weighted by molar-refractivity contribution is 0.414. The van der Waals surface area contributed by atoms with Gasteiger partial charge in [-0.2, -0.15) is 0 Å². The van der Waals surface area contributed by atoms with Gasteiger partial charge < -0.3 is 4.74 Å². The lowest BCUT2D eigenvalue weighted by atomic mass is 10.1. The van der Waals surface area contributed by atoms with Crippen molar-refractivity contribution in [3.63, 3.8) is 0 Å². The molecule has 0 spiro atoms. The predicted octanol–water partition coefficient (Wildman–Crippen LogP) is 4.52. The molecule has 0 N–H and O–H groups in total. The highest BCUT2D eigenvalue weighted by molar-refractivity contribution is 6.34. The van der Waals surface area contributed by atoms with Gasteiger partial charge in [-0.15, -0.1) is 0 Å². The first kappa shape index (κ1) is 12.7. The zero-order valence-corrected chi connectivity index (χ0v) is 10.9. The molecule has 0 fully saturated rings. The Balaban J connectivity index is 2.44. The lowest BCUT2D eigenvalue weighted by Crippen LogP contribution is -2.11. The minimum Gasteiger partial charge on any atom is -0.438 e. The van der Waals surface area contributed by atoms with Crippen LogP contribution in [0.2, 0.25) is 5.02 Å². The molecule has 2 rings (SSSR count). The Morgan fingerprint density at radius 1 is 1.39 bits per heavy atom. The second-order valence-electron chi connectivity index (χ2n) is 3.75. The molecule has 1 aliphatic heterocycles. The maximum absolute atomic E-state index is 6.18. The van der Waals surface area contributed by atoms with Gasteiger partial charge in [0.15, 0.2) is 0 Å². The summed E-state index contributed by atoms with van der Waals surface area (Å²) < 4.78 is 5.70. The van der Waals surface area contributed by atoms with Crippen LogP contribution >= 0.6 is 11.6 Å². The van der Waals surface area contributed by atoms with Crippen LogP contribution in [0.15, 0.2) is 60.0 Å². The third-order valence-electron chi connectivity index (χ3n) is 2.54. The van der Waals surface area contributed by atoms with Crippen LogP contribution in [0.1, 0.15) is 18.9 Å². The van der Waals surface area contributed by atoms with Crippen molar-refractivity contribution < 1.29 is 4.74 Å². The van der Waals surface area contributed by atoms with E-state index in [2.05, 4.69) is 18.5 Å². The van der Waals surface area contributed by atoms with Crippen molar-refractivity contribution in [2.45, 2.75) is 13.3 Å². The van der Waals surface area contributed by atoms with Crippen molar-refractivity contribution in [1.29, 1.82) is 0 Å². The third-order valence-corrected chi connectivity index (χ3v) is 2.86. The quantitative estimate of drug-likeness (QED) is 0.732. The predicted molar refractivity (Wildman–Crippen MR) is 76.3 cm³/mol. The number of allylic oxidation sites excluding steroid dienone is 4. The van der Waals surface area contributed by atoms with Gasteiger partial charge in [0.1, 0.15) is 5.75 Å². The molecule has 0 unspecified atom stereocenters. The van der Waals surface area contributed by atoms with E-state index in [1.54, 1.807) is 12.2 Å². The van der Waals surface area contributed by atoms with Crippen LogP contribution in [0.4, 0.5) is 0 Å². The number of ether oxygens (including phenoxy) is 1. The first-order chi connectivity index (χ1) is 8.76. The molecule has 0 radical (unpaired) electrons. The highest BCUT2D eigenvalue weighted by atomic mass is 35.5. The number of aliphatic imine (C=N–C) groups is 1. The summed E-state index contributed by atoms with van der Waals surface area (Å²) in [7, 11) is 0. The molecule has 3 heteroatoms. The van der Waals surface area contributed by atoms with Crippen LogP contribution in [-0.2, 0) is 0 Å². The Morgan fingerprint density at radius 3 is 2.94 bits per heavy atom. The molecule has 0 bridgehead atoms. The highest BCUT2D eigenvalue weighted by Crippen LogP contribution is 2.33. The summed E-state index contributed by atoms with van der Waals surface area (Å²) in [5, 5.41) is 0.675. The van der Waals surface area contributed by atoms with E-state index in [0.29, 0.717) is 10.9 Å². The Labute approximate surface area is 112 Å². The second kappa shape index (κ2) is 5.69. The Kier molecular flexibility index (Phi) is 4.00. The molecule has 0 amide bonds. The highest BCUT2D eigenvalue weighted by Gasteiger charge is 2.19. The molecular weight excluding hydrogens is 246 g/mol. The van der Waals surface area contributed by atoms with Gasteiger partial charge >= 0.3 is 0 Å². The van der Waals surface area contributed by atoms with Crippen LogP contribution < -0.4 is 4.74 Å². The van der Waals surface area contributed by atoms with Gasteiger partial charge in [-0.25, -0.2) is 4.99 Å². The average Bonchev–Trinajstić information content (AvgIpc) is 2.38. The summed E-state index contributed by atoms with van der Waals surface area (Å²) in [6.07, 6.45) is 7.98. The van der Waals surface area contributed by atoms with E-state index in [9.17, 15) is 0 Å². The van der Waals surface area contributed by atoms with Crippen molar-refractivity contribution in [1.82, 2.24) is 0 Å². The largest absolute Gasteiger partial charge is 0.438 e. The van der Waals surface area contributed by atoms with E-state index in [1.807, 2.05) is 30.4 Å². The van der Waals surface area contributed by atoms with Gasteiger partial charge in [0.05, 0.1) is 16.3 Å². The summed E-state index contributed by atoms with van der Waals surface area (Å²) in [5.41, 5.74) is 1.84. The summed E-state index contributed by atoms with van der Waals surface area (Å²) in [4.78, 5) is 4.46. The van der Waals surface area contributed by atoms with Crippen LogP contribution in [0.25, 0.3) is 0 Å². The Hall–Kier alpha value is -1.80. The van der Waals surface area contributed by atoms with Crippen molar-refractivity contribution in [2.24, 2.45) is 4.99 Å². The van der Waals surface area contributed by atoms with E-state index in [4.69, 9.17) is 16.3 Å². The van der Waals surface area contributed by atoms with E-state index in [1.165, 1.54) is 0 Å². The van der Waals surface area contributed by atoms with Crippen molar-refractivity contribution in [2.75, 3.05) is 0 Å². The van der Waals surface area contributed by atoms with Gasteiger partial charge in [0, 0.05) is 6.08 Å². The van der Waals surface area contributed by atoms with Gasteiger partial charge in [0.2, 0.25) is 5.88 Å². The fourth-order valence-corrected chi connectivity index (χ4v) is 2.01. The molecule has 0 aromatic heterocycles.